The predicted molar refractivity (Wildman–Crippen MR) is 135 cm³/mol. The highest BCUT2D eigenvalue weighted by atomic mass is 32.2. The summed E-state index contributed by atoms with van der Waals surface area (Å²) >= 11 is 1.56. The maximum atomic E-state index is 13.3. The second kappa shape index (κ2) is 11.2. The molecule has 0 aromatic heterocycles. The second-order valence-corrected chi connectivity index (χ2v) is 9.57. The zero-order valence-electron chi connectivity index (χ0n) is 19.5. The maximum absolute atomic E-state index is 13.3. The van der Waals surface area contributed by atoms with Crippen LogP contribution in [0.2, 0.25) is 0 Å². The topological polar surface area (TPSA) is 79.5 Å². The predicted octanol–water partition coefficient (Wildman–Crippen LogP) is 5.53. The summed E-state index contributed by atoms with van der Waals surface area (Å²) in [4.78, 5) is 26.9. The first-order chi connectivity index (χ1) is 15.8. The van der Waals surface area contributed by atoms with Crippen LogP contribution in [0.5, 0.6) is 0 Å². The third-order valence-corrected chi connectivity index (χ3v) is 5.77. The molecule has 3 rings (SSSR count). The third kappa shape index (κ3) is 7.23. The number of amides is 2. The number of hydrogen-bond acceptors (Lipinski definition) is 5. The van der Waals surface area contributed by atoms with E-state index in [1.165, 1.54) is 0 Å². The molecule has 1 atom stereocenters. The van der Waals surface area contributed by atoms with Gasteiger partial charge in [0.2, 0.25) is 5.91 Å². The van der Waals surface area contributed by atoms with Gasteiger partial charge >= 0.3 is 6.09 Å². The summed E-state index contributed by atoms with van der Waals surface area (Å²) in [5.41, 5.74) is 0.977. The van der Waals surface area contributed by atoms with E-state index < -0.39 is 17.7 Å². The van der Waals surface area contributed by atoms with Crippen LogP contribution in [0, 0.1) is 0 Å². The number of carbonyl (C=O) groups excluding carboxylic acids is 2. The molecule has 0 aliphatic heterocycles. The Morgan fingerprint density at radius 1 is 0.939 bits per heavy atom. The van der Waals surface area contributed by atoms with Crippen molar-refractivity contribution >= 4 is 40.4 Å². The molecule has 3 aromatic rings. The third-order valence-electron chi connectivity index (χ3n) is 4.76. The number of rotatable bonds is 8. The molecule has 2 amide bonds. The summed E-state index contributed by atoms with van der Waals surface area (Å²) in [6.07, 6.45) is -0.279. The number of fused-ring (bicyclic) bond motifs is 1. The molecular weight excluding hydrogens is 434 g/mol. The Morgan fingerprint density at radius 2 is 1.64 bits per heavy atom. The highest BCUT2D eigenvalue weighted by Crippen LogP contribution is 2.31. The normalized spacial score (nSPS) is 12.2. The minimum Gasteiger partial charge on any atom is -0.444 e. The molecule has 3 aromatic carbocycles. The van der Waals surface area contributed by atoms with E-state index in [9.17, 15) is 9.59 Å². The molecule has 33 heavy (non-hydrogen) atoms. The molecule has 174 valence electrons. The van der Waals surface area contributed by atoms with Crippen LogP contribution in [0.4, 0.5) is 10.5 Å². The Balaban J connectivity index is 1.85. The van der Waals surface area contributed by atoms with Crippen LogP contribution in [0.3, 0.4) is 0 Å². The summed E-state index contributed by atoms with van der Waals surface area (Å²) in [6.45, 7) is 8.26. The van der Waals surface area contributed by atoms with E-state index in [4.69, 9.17) is 4.74 Å². The van der Waals surface area contributed by atoms with Crippen molar-refractivity contribution in [2.45, 2.75) is 50.7 Å². The molecule has 0 aliphatic rings. The Bertz CT molecular complexity index is 1100. The Labute approximate surface area is 199 Å². The molecule has 1 unspecified atom stereocenters. The van der Waals surface area contributed by atoms with Crippen molar-refractivity contribution < 1.29 is 14.3 Å². The number of alkyl carbamates (subject to hydrolysis) is 1. The van der Waals surface area contributed by atoms with Gasteiger partial charge in [-0.3, -0.25) is 9.52 Å². The summed E-state index contributed by atoms with van der Waals surface area (Å²) in [5.74, 6) is -0.304. The molecule has 7 heteroatoms. The number of carbonyl (C=O) groups is 2. The van der Waals surface area contributed by atoms with E-state index in [1.54, 1.807) is 32.7 Å². The quantitative estimate of drug-likeness (QED) is 0.381. The lowest BCUT2D eigenvalue weighted by atomic mass is 10.0. The van der Waals surface area contributed by atoms with Gasteiger partial charge in [-0.05, 0) is 55.8 Å². The molecule has 3 N–H and O–H groups in total. The maximum Gasteiger partial charge on any atom is 0.408 e. The van der Waals surface area contributed by atoms with Gasteiger partial charge in [0.25, 0.3) is 0 Å². The smallest absolute Gasteiger partial charge is 0.408 e. The van der Waals surface area contributed by atoms with Crippen LogP contribution in [0.1, 0.15) is 33.3 Å². The molecule has 0 radical (unpaired) electrons. The molecule has 0 saturated heterocycles. The molecule has 0 fully saturated rings. The summed E-state index contributed by atoms with van der Waals surface area (Å²) in [6, 6.07) is 20.6. The molecule has 0 saturated carbocycles. The molecule has 0 bridgehead atoms. The van der Waals surface area contributed by atoms with Crippen molar-refractivity contribution in [1.29, 1.82) is 0 Å². The van der Waals surface area contributed by atoms with Gasteiger partial charge in [0, 0.05) is 28.9 Å². The molecular formula is C26H31N3O3S. The van der Waals surface area contributed by atoms with E-state index in [1.807, 2.05) is 73.7 Å². The van der Waals surface area contributed by atoms with Gasteiger partial charge in [-0.2, -0.15) is 0 Å². The second-order valence-electron chi connectivity index (χ2n) is 8.63. The van der Waals surface area contributed by atoms with E-state index in [0.717, 1.165) is 27.8 Å². The zero-order chi connectivity index (χ0) is 23.8. The number of nitrogens with one attached hydrogen (secondary N) is 3. The SMILES string of the molecule is CCNSc1cccc2c(NC(=O)C(Cc3ccccc3)NC(=O)OC(C)(C)C)cccc12. The minimum atomic E-state index is -0.795. The van der Waals surface area contributed by atoms with Crippen LogP contribution >= 0.6 is 11.9 Å². The number of benzene rings is 3. The van der Waals surface area contributed by atoms with E-state index in [2.05, 4.69) is 15.4 Å². The van der Waals surface area contributed by atoms with Crippen LogP contribution in [-0.4, -0.2) is 30.2 Å². The number of ether oxygens (including phenoxy) is 1. The van der Waals surface area contributed by atoms with Crippen molar-refractivity contribution in [3.63, 3.8) is 0 Å². The Kier molecular flexibility index (Phi) is 8.36. The van der Waals surface area contributed by atoms with Gasteiger partial charge in [0.05, 0.1) is 0 Å². The van der Waals surface area contributed by atoms with Gasteiger partial charge in [-0.15, -0.1) is 0 Å². The lowest BCUT2D eigenvalue weighted by molar-refractivity contribution is -0.118. The lowest BCUT2D eigenvalue weighted by Gasteiger charge is -2.23. The van der Waals surface area contributed by atoms with E-state index >= 15 is 0 Å². The molecule has 0 spiro atoms. The fourth-order valence-electron chi connectivity index (χ4n) is 3.36. The van der Waals surface area contributed by atoms with Crippen LogP contribution in [0.25, 0.3) is 10.8 Å². The largest absolute Gasteiger partial charge is 0.444 e. The lowest BCUT2D eigenvalue weighted by Crippen LogP contribution is -2.47. The fraction of sp³-hybridized carbons (Fsp3) is 0.308. The van der Waals surface area contributed by atoms with Crippen molar-refractivity contribution in [2.24, 2.45) is 0 Å². The monoisotopic (exact) mass is 465 g/mol. The summed E-state index contributed by atoms with van der Waals surface area (Å²) in [7, 11) is 0. The first-order valence-electron chi connectivity index (χ1n) is 11.0. The highest BCUT2D eigenvalue weighted by molar-refractivity contribution is 7.97. The van der Waals surface area contributed by atoms with E-state index in [-0.39, 0.29) is 5.91 Å². The standard InChI is InChI=1S/C26H31N3O3S/c1-5-27-33-23-16-10-13-19-20(23)14-9-15-21(19)28-24(30)22(17-18-11-7-6-8-12-18)29-25(31)32-26(2,3)4/h6-16,22,27H,5,17H2,1-4H3,(H,28,30)(H,29,31). The van der Waals surface area contributed by atoms with Crippen molar-refractivity contribution in [1.82, 2.24) is 10.0 Å². The molecule has 0 heterocycles. The van der Waals surface area contributed by atoms with Crippen molar-refractivity contribution in [2.75, 3.05) is 11.9 Å². The first-order valence-corrected chi connectivity index (χ1v) is 11.8. The van der Waals surface area contributed by atoms with Gasteiger partial charge in [-0.25, -0.2) is 4.79 Å². The van der Waals surface area contributed by atoms with Crippen molar-refractivity contribution in [3.05, 3.63) is 72.3 Å². The van der Waals surface area contributed by atoms with Crippen LogP contribution < -0.4 is 15.4 Å². The molecule has 0 aliphatic carbocycles. The summed E-state index contributed by atoms with van der Waals surface area (Å²) < 4.78 is 8.66. The molecule has 6 nitrogen and oxygen atoms in total. The van der Waals surface area contributed by atoms with Crippen molar-refractivity contribution in [3.8, 4) is 0 Å². The zero-order valence-corrected chi connectivity index (χ0v) is 20.3. The van der Waals surface area contributed by atoms with Crippen LogP contribution in [-0.2, 0) is 16.0 Å². The average molecular weight is 466 g/mol. The Morgan fingerprint density at radius 3 is 2.33 bits per heavy atom. The summed E-state index contributed by atoms with van der Waals surface area (Å²) in [5, 5.41) is 7.74. The van der Waals surface area contributed by atoms with Gasteiger partial charge < -0.3 is 15.4 Å². The van der Waals surface area contributed by atoms with Crippen LogP contribution in [0.15, 0.2) is 71.6 Å². The van der Waals surface area contributed by atoms with Gasteiger partial charge in [0.1, 0.15) is 11.6 Å². The van der Waals surface area contributed by atoms with E-state index in [0.29, 0.717) is 12.1 Å². The minimum absolute atomic E-state index is 0.304. The first kappa shape index (κ1) is 24.6. The van der Waals surface area contributed by atoms with Gasteiger partial charge in [-0.1, -0.05) is 61.5 Å². The number of hydrogen-bond donors (Lipinski definition) is 3. The Hall–Kier alpha value is -3.03. The number of anilines is 1. The average Bonchev–Trinajstić information content (AvgIpc) is 2.77. The highest BCUT2D eigenvalue weighted by Gasteiger charge is 2.25. The van der Waals surface area contributed by atoms with Gasteiger partial charge in [0.15, 0.2) is 0 Å². The fourth-order valence-corrected chi connectivity index (χ4v) is 4.09.